The Kier molecular flexibility index (Phi) is 4.64. The molecule has 0 unspecified atom stereocenters. The number of amides is 1. The minimum Gasteiger partial charge on any atom is -0.307 e. The number of hydrogen-bond donors (Lipinski definition) is 0. The fourth-order valence-electron chi connectivity index (χ4n) is 3.34. The number of nitrogens with zero attached hydrogens (tertiary/aromatic N) is 3. The average Bonchev–Trinajstić information content (AvgIpc) is 2.60. The first-order chi connectivity index (χ1) is 11.6. The van der Waals surface area contributed by atoms with Crippen LogP contribution < -0.4 is 4.90 Å². The molecule has 0 N–H and O–H groups in total. The van der Waals surface area contributed by atoms with E-state index in [0.29, 0.717) is 11.1 Å². The lowest BCUT2D eigenvalue weighted by Crippen LogP contribution is -2.48. The van der Waals surface area contributed by atoms with Gasteiger partial charge < -0.3 is 9.80 Å². The Hall–Kier alpha value is -2.64. The molecular formula is C20H21N3O. The van der Waals surface area contributed by atoms with Crippen molar-refractivity contribution in [2.75, 3.05) is 25.5 Å². The summed E-state index contributed by atoms with van der Waals surface area (Å²) in [6, 6.07) is 17.3. The first-order valence-corrected chi connectivity index (χ1v) is 8.16. The van der Waals surface area contributed by atoms with Crippen molar-refractivity contribution in [3.05, 3.63) is 65.2 Å². The summed E-state index contributed by atoms with van der Waals surface area (Å²) >= 11 is 0. The molecule has 4 heteroatoms. The van der Waals surface area contributed by atoms with Crippen molar-refractivity contribution >= 4 is 11.6 Å². The predicted octanol–water partition coefficient (Wildman–Crippen LogP) is 3.08. The molecule has 3 rings (SSSR count). The van der Waals surface area contributed by atoms with E-state index < -0.39 is 0 Å². The Morgan fingerprint density at radius 3 is 2.79 bits per heavy atom. The van der Waals surface area contributed by atoms with Gasteiger partial charge in [-0.1, -0.05) is 24.3 Å². The number of nitriles is 1. The molecule has 122 valence electrons. The summed E-state index contributed by atoms with van der Waals surface area (Å²) in [4.78, 5) is 17.2. The monoisotopic (exact) mass is 319 g/mol. The van der Waals surface area contributed by atoms with Crippen LogP contribution in [0.15, 0.2) is 48.5 Å². The van der Waals surface area contributed by atoms with Gasteiger partial charge in [0.1, 0.15) is 0 Å². The molecule has 2 aromatic carbocycles. The molecule has 0 saturated heterocycles. The van der Waals surface area contributed by atoms with Crippen molar-refractivity contribution in [1.82, 2.24) is 4.90 Å². The lowest BCUT2D eigenvalue weighted by molar-refractivity contribution is 0.0968. The molecule has 1 aliphatic heterocycles. The minimum atomic E-state index is -0.0360. The Morgan fingerprint density at radius 1 is 1.25 bits per heavy atom. The number of rotatable bonds is 3. The van der Waals surface area contributed by atoms with Crippen LogP contribution in [-0.4, -0.2) is 37.5 Å². The highest BCUT2D eigenvalue weighted by molar-refractivity contribution is 6.07. The number of para-hydroxylation sites is 1. The number of aryl methyl sites for hydroxylation is 1. The van der Waals surface area contributed by atoms with Crippen LogP contribution in [0.1, 0.15) is 27.9 Å². The third-order valence-corrected chi connectivity index (χ3v) is 4.40. The molecule has 4 nitrogen and oxygen atoms in total. The second kappa shape index (κ2) is 6.86. The van der Waals surface area contributed by atoms with Crippen molar-refractivity contribution in [3.8, 4) is 6.07 Å². The van der Waals surface area contributed by atoms with Crippen LogP contribution in [-0.2, 0) is 6.42 Å². The zero-order chi connectivity index (χ0) is 17.1. The van der Waals surface area contributed by atoms with Gasteiger partial charge in [-0.2, -0.15) is 5.26 Å². The van der Waals surface area contributed by atoms with E-state index in [1.54, 1.807) is 24.3 Å². The summed E-state index contributed by atoms with van der Waals surface area (Å²) in [6.07, 6.45) is 1.93. The normalized spacial score (nSPS) is 16.6. The predicted molar refractivity (Wildman–Crippen MR) is 95.1 cm³/mol. The van der Waals surface area contributed by atoms with Gasteiger partial charge in [0.05, 0.1) is 17.7 Å². The molecule has 0 fully saturated rings. The molecule has 1 aliphatic rings. The number of carbonyl (C=O) groups excluding carboxylic acids is 1. The van der Waals surface area contributed by atoms with Gasteiger partial charge in [0.2, 0.25) is 0 Å². The SMILES string of the molecule is CN(C)C[C@@H]1CCc2ccccc2N1C(=O)c1cccc(C#N)c1. The van der Waals surface area contributed by atoms with E-state index in [9.17, 15) is 4.79 Å². The Morgan fingerprint density at radius 2 is 2.04 bits per heavy atom. The van der Waals surface area contributed by atoms with Gasteiger partial charge in [-0.3, -0.25) is 4.79 Å². The summed E-state index contributed by atoms with van der Waals surface area (Å²) in [6.45, 7) is 0.817. The maximum atomic E-state index is 13.2. The lowest BCUT2D eigenvalue weighted by Gasteiger charge is -2.38. The van der Waals surface area contributed by atoms with Crippen LogP contribution in [0.25, 0.3) is 0 Å². The highest BCUT2D eigenvalue weighted by Crippen LogP contribution is 2.32. The first-order valence-electron chi connectivity index (χ1n) is 8.16. The summed E-state index contributed by atoms with van der Waals surface area (Å²) in [5.74, 6) is -0.0360. The van der Waals surface area contributed by atoms with Gasteiger partial charge in [0.15, 0.2) is 0 Å². The van der Waals surface area contributed by atoms with Gasteiger partial charge in [0, 0.05) is 17.8 Å². The molecule has 1 atom stereocenters. The lowest BCUT2D eigenvalue weighted by atomic mass is 9.94. The smallest absolute Gasteiger partial charge is 0.258 e. The Balaban J connectivity index is 2.02. The molecule has 0 spiro atoms. The number of likely N-dealkylation sites (N-methyl/N-ethyl adjacent to an activating group) is 1. The number of anilines is 1. The molecule has 0 saturated carbocycles. The minimum absolute atomic E-state index is 0.0360. The summed E-state index contributed by atoms with van der Waals surface area (Å²) in [7, 11) is 4.05. The van der Waals surface area contributed by atoms with Crippen molar-refractivity contribution in [2.45, 2.75) is 18.9 Å². The number of benzene rings is 2. The van der Waals surface area contributed by atoms with Crippen LogP contribution in [0.3, 0.4) is 0 Å². The molecule has 2 aromatic rings. The standard InChI is InChI=1S/C20H21N3O/c1-22(2)14-18-11-10-16-7-3-4-9-19(16)23(18)20(24)17-8-5-6-15(12-17)13-21/h3-9,12,18H,10-11,14H2,1-2H3/t18-/m0/s1. The molecule has 0 aromatic heterocycles. The van der Waals surface area contributed by atoms with Gasteiger partial charge >= 0.3 is 0 Å². The zero-order valence-corrected chi connectivity index (χ0v) is 14.1. The van der Waals surface area contributed by atoms with E-state index in [-0.39, 0.29) is 11.9 Å². The van der Waals surface area contributed by atoms with Gasteiger partial charge in [-0.25, -0.2) is 0 Å². The third-order valence-electron chi connectivity index (χ3n) is 4.40. The third kappa shape index (κ3) is 3.17. The van der Waals surface area contributed by atoms with Crippen LogP contribution in [0.5, 0.6) is 0 Å². The van der Waals surface area contributed by atoms with Crippen molar-refractivity contribution < 1.29 is 4.79 Å². The first kappa shape index (κ1) is 16.2. The topological polar surface area (TPSA) is 47.3 Å². The number of fused-ring (bicyclic) bond motifs is 1. The summed E-state index contributed by atoms with van der Waals surface area (Å²) in [5.41, 5.74) is 3.27. The molecule has 24 heavy (non-hydrogen) atoms. The zero-order valence-electron chi connectivity index (χ0n) is 14.1. The highest BCUT2D eigenvalue weighted by Gasteiger charge is 2.31. The maximum absolute atomic E-state index is 13.2. The molecular weight excluding hydrogens is 298 g/mol. The van der Waals surface area contributed by atoms with E-state index >= 15 is 0 Å². The summed E-state index contributed by atoms with van der Waals surface area (Å²) < 4.78 is 0. The van der Waals surface area contributed by atoms with E-state index in [1.165, 1.54) is 5.56 Å². The van der Waals surface area contributed by atoms with Crippen LogP contribution >= 0.6 is 0 Å². The fraction of sp³-hybridized carbons (Fsp3) is 0.300. The molecule has 1 heterocycles. The van der Waals surface area contributed by atoms with Crippen LogP contribution in [0.2, 0.25) is 0 Å². The fourth-order valence-corrected chi connectivity index (χ4v) is 3.34. The Bertz CT molecular complexity index is 791. The second-order valence-corrected chi connectivity index (χ2v) is 6.45. The molecule has 0 radical (unpaired) electrons. The second-order valence-electron chi connectivity index (χ2n) is 6.45. The van der Waals surface area contributed by atoms with Crippen molar-refractivity contribution in [2.24, 2.45) is 0 Å². The van der Waals surface area contributed by atoms with E-state index in [0.717, 1.165) is 25.1 Å². The van der Waals surface area contributed by atoms with Crippen LogP contribution in [0.4, 0.5) is 5.69 Å². The largest absolute Gasteiger partial charge is 0.307 e. The summed E-state index contributed by atoms with van der Waals surface area (Å²) in [5, 5.41) is 9.10. The van der Waals surface area contributed by atoms with E-state index in [4.69, 9.17) is 5.26 Å². The number of hydrogen-bond acceptors (Lipinski definition) is 3. The Labute approximate surface area is 142 Å². The highest BCUT2D eigenvalue weighted by atomic mass is 16.2. The van der Waals surface area contributed by atoms with Crippen molar-refractivity contribution in [1.29, 1.82) is 5.26 Å². The molecule has 1 amide bonds. The van der Waals surface area contributed by atoms with Gasteiger partial charge in [-0.05, 0) is 56.8 Å². The van der Waals surface area contributed by atoms with E-state index in [2.05, 4.69) is 17.0 Å². The molecule has 0 bridgehead atoms. The van der Waals surface area contributed by atoms with Gasteiger partial charge in [-0.15, -0.1) is 0 Å². The quantitative estimate of drug-likeness (QED) is 0.873. The van der Waals surface area contributed by atoms with Gasteiger partial charge in [0.25, 0.3) is 5.91 Å². The van der Waals surface area contributed by atoms with Crippen molar-refractivity contribution in [3.63, 3.8) is 0 Å². The maximum Gasteiger partial charge on any atom is 0.258 e. The molecule has 0 aliphatic carbocycles. The number of carbonyl (C=O) groups is 1. The average molecular weight is 319 g/mol. The van der Waals surface area contributed by atoms with Crippen LogP contribution in [0, 0.1) is 11.3 Å². The van der Waals surface area contributed by atoms with E-state index in [1.807, 2.05) is 37.2 Å².